The molecule has 154 valence electrons. The highest BCUT2D eigenvalue weighted by molar-refractivity contribution is 7.89. The Kier molecular flexibility index (Phi) is 5.62. The first-order valence-electron chi connectivity index (χ1n) is 9.23. The molecule has 0 atom stereocenters. The summed E-state index contributed by atoms with van der Waals surface area (Å²) in [4.78, 5) is 24.5. The molecule has 30 heavy (non-hydrogen) atoms. The normalized spacial score (nSPS) is 11.6. The first kappa shape index (κ1) is 20.2. The summed E-state index contributed by atoms with van der Waals surface area (Å²) in [5.74, 6) is -0.269. The van der Waals surface area contributed by atoms with Gasteiger partial charge in [-0.1, -0.05) is 19.1 Å². The quantitative estimate of drug-likeness (QED) is 0.407. The van der Waals surface area contributed by atoms with Crippen LogP contribution in [0.5, 0.6) is 0 Å². The Morgan fingerprint density at radius 3 is 2.93 bits per heavy atom. The van der Waals surface area contributed by atoms with E-state index in [9.17, 15) is 13.2 Å². The summed E-state index contributed by atoms with van der Waals surface area (Å²) in [6, 6.07) is 10.2. The van der Waals surface area contributed by atoms with Gasteiger partial charge in [-0.2, -0.15) is 0 Å². The van der Waals surface area contributed by atoms with Gasteiger partial charge in [0.15, 0.2) is 5.13 Å². The standard InChI is InChI=1S/C20H19N5O3S2/c1-2-23-30(27,28)14-6-3-5-13(9-14)10-18(26)25-20-24-17(12-29-20)16-11-22-19-15(16)7-4-8-21-19/h3-9,11-12,23H,2,10H2,1H3,(H,21,22)(H,24,25,26). The van der Waals surface area contributed by atoms with Crippen molar-refractivity contribution in [2.24, 2.45) is 0 Å². The Labute approximate surface area is 177 Å². The van der Waals surface area contributed by atoms with E-state index < -0.39 is 10.0 Å². The summed E-state index contributed by atoms with van der Waals surface area (Å²) in [6.45, 7) is 2.01. The number of fused-ring (bicyclic) bond motifs is 1. The molecule has 3 N–H and O–H groups in total. The second-order valence-electron chi connectivity index (χ2n) is 6.51. The minimum Gasteiger partial charge on any atom is -0.345 e. The van der Waals surface area contributed by atoms with Gasteiger partial charge in [0, 0.05) is 35.3 Å². The molecule has 0 fully saturated rings. The molecular formula is C20H19N5O3S2. The van der Waals surface area contributed by atoms with E-state index in [4.69, 9.17) is 0 Å². The van der Waals surface area contributed by atoms with Crippen molar-refractivity contribution >= 4 is 43.4 Å². The van der Waals surface area contributed by atoms with Crippen molar-refractivity contribution in [3.05, 3.63) is 59.7 Å². The minimum absolute atomic E-state index is 0.0431. The predicted octanol–water partition coefficient (Wildman–Crippen LogP) is 3.17. The van der Waals surface area contributed by atoms with E-state index in [-0.39, 0.29) is 17.2 Å². The smallest absolute Gasteiger partial charge is 0.240 e. The van der Waals surface area contributed by atoms with Crippen LogP contribution in [-0.4, -0.2) is 35.8 Å². The molecule has 0 aliphatic rings. The van der Waals surface area contributed by atoms with Crippen molar-refractivity contribution in [1.29, 1.82) is 0 Å². The molecule has 0 aliphatic heterocycles. The molecule has 3 heterocycles. The number of hydrogen-bond donors (Lipinski definition) is 3. The van der Waals surface area contributed by atoms with E-state index >= 15 is 0 Å². The number of hydrogen-bond acceptors (Lipinski definition) is 6. The van der Waals surface area contributed by atoms with Gasteiger partial charge in [-0.3, -0.25) is 4.79 Å². The number of nitrogens with zero attached hydrogens (tertiary/aromatic N) is 2. The fourth-order valence-corrected chi connectivity index (χ4v) is 4.91. The summed E-state index contributed by atoms with van der Waals surface area (Å²) in [5, 5.41) is 6.09. The van der Waals surface area contributed by atoms with E-state index in [0.29, 0.717) is 17.2 Å². The van der Waals surface area contributed by atoms with Crippen molar-refractivity contribution in [3.8, 4) is 11.3 Å². The monoisotopic (exact) mass is 441 g/mol. The maximum atomic E-state index is 12.5. The number of aromatic nitrogens is 3. The van der Waals surface area contributed by atoms with Crippen molar-refractivity contribution in [3.63, 3.8) is 0 Å². The molecule has 0 radical (unpaired) electrons. The van der Waals surface area contributed by atoms with Crippen LogP contribution in [-0.2, 0) is 21.2 Å². The van der Waals surface area contributed by atoms with E-state index in [2.05, 4.69) is 25.0 Å². The molecule has 0 unspecified atom stereocenters. The molecule has 4 aromatic rings. The van der Waals surface area contributed by atoms with Crippen LogP contribution in [0.3, 0.4) is 0 Å². The third kappa shape index (κ3) is 4.25. The second kappa shape index (κ2) is 8.34. The van der Waals surface area contributed by atoms with Crippen LogP contribution < -0.4 is 10.0 Å². The zero-order chi connectivity index (χ0) is 21.1. The maximum Gasteiger partial charge on any atom is 0.240 e. The fourth-order valence-electron chi connectivity index (χ4n) is 3.07. The number of aromatic amines is 1. The highest BCUT2D eigenvalue weighted by Gasteiger charge is 2.15. The number of anilines is 1. The topological polar surface area (TPSA) is 117 Å². The largest absolute Gasteiger partial charge is 0.345 e. The van der Waals surface area contributed by atoms with Crippen LogP contribution in [0, 0.1) is 0 Å². The van der Waals surface area contributed by atoms with Crippen LogP contribution in [0.25, 0.3) is 22.3 Å². The summed E-state index contributed by atoms with van der Waals surface area (Å²) < 4.78 is 26.7. The van der Waals surface area contributed by atoms with E-state index in [1.165, 1.54) is 23.5 Å². The van der Waals surface area contributed by atoms with Crippen LogP contribution in [0.1, 0.15) is 12.5 Å². The number of sulfonamides is 1. The van der Waals surface area contributed by atoms with Gasteiger partial charge >= 0.3 is 0 Å². The Morgan fingerprint density at radius 1 is 1.23 bits per heavy atom. The molecule has 10 heteroatoms. The predicted molar refractivity (Wildman–Crippen MR) is 117 cm³/mol. The van der Waals surface area contributed by atoms with E-state index in [0.717, 1.165) is 22.3 Å². The molecule has 0 spiro atoms. The van der Waals surface area contributed by atoms with Crippen LogP contribution in [0.4, 0.5) is 5.13 Å². The van der Waals surface area contributed by atoms with Gasteiger partial charge < -0.3 is 10.3 Å². The SMILES string of the molecule is CCNS(=O)(=O)c1cccc(CC(=O)Nc2nc(-c3c[nH]c4ncccc34)cs2)c1. The third-order valence-corrected chi connectivity index (χ3v) is 6.69. The maximum absolute atomic E-state index is 12.5. The first-order chi connectivity index (χ1) is 14.5. The summed E-state index contributed by atoms with van der Waals surface area (Å²) in [5.41, 5.74) is 3.04. The Hall–Kier alpha value is -3.08. The molecular weight excluding hydrogens is 422 g/mol. The molecule has 0 saturated heterocycles. The molecule has 0 bridgehead atoms. The Morgan fingerprint density at radius 2 is 2.10 bits per heavy atom. The highest BCUT2D eigenvalue weighted by Crippen LogP contribution is 2.30. The van der Waals surface area contributed by atoms with Crippen molar-refractivity contribution in [2.75, 3.05) is 11.9 Å². The number of pyridine rings is 1. The number of rotatable bonds is 7. The summed E-state index contributed by atoms with van der Waals surface area (Å²) >= 11 is 1.33. The summed E-state index contributed by atoms with van der Waals surface area (Å²) in [7, 11) is -3.57. The van der Waals surface area contributed by atoms with Crippen LogP contribution >= 0.6 is 11.3 Å². The van der Waals surface area contributed by atoms with Gasteiger partial charge in [0.25, 0.3) is 0 Å². The van der Waals surface area contributed by atoms with Crippen molar-refractivity contribution < 1.29 is 13.2 Å². The molecule has 1 amide bonds. The van der Waals surface area contributed by atoms with E-state index in [1.54, 1.807) is 25.3 Å². The second-order valence-corrected chi connectivity index (χ2v) is 9.14. The lowest BCUT2D eigenvalue weighted by Gasteiger charge is -2.07. The molecule has 3 aromatic heterocycles. The highest BCUT2D eigenvalue weighted by atomic mass is 32.2. The van der Waals surface area contributed by atoms with Crippen molar-refractivity contribution in [2.45, 2.75) is 18.2 Å². The zero-order valence-corrected chi connectivity index (χ0v) is 17.7. The van der Waals surface area contributed by atoms with E-state index in [1.807, 2.05) is 23.7 Å². The van der Waals surface area contributed by atoms with Gasteiger partial charge in [-0.05, 0) is 29.8 Å². The number of amides is 1. The minimum atomic E-state index is -3.57. The van der Waals surface area contributed by atoms with Gasteiger partial charge in [0.05, 0.1) is 17.0 Å². The zero-order valence-electron chi connectivity index (χ0n) is 16.0. The molecule has 1 aromatic carbocycles. The van der Waals surface area contributed by atoms with Gasteiger partial charge in [0.1, 0.15) is 5.65 Å². The average Bonchev–Trinajstić information content (AvgIpc) is 3.34. The number of thiazole rings is 1. The molecule has 0 saturated carbocycles. The number of carbonyl (C=O) groups excluding carboxylic acids is 1. The van der Waals surface area contributed by atoms with Crippen LogP contribution in [0.2, 0.25) is 0 Å². The lowest BCUT2D eigenvalue weighted by molar-refractivity contribution is -0.115. The molecule has 8 nitrogen and oxygen atoms in total. The molecule has 4 rings (SSSR count). The average molecular weight is 442 g/mol. The van der Waals surface area contributed by atoms with Gasteiger partial charge in [-0.15, -0.1) is 11.3 Å². The third-order valence-electron chi connectivity index (χ3n) is 4.39. The molecule has 0 aliphatic carbocycles. The lowest BCUT2D eigenvalue weighted by atomic mass is 10.1. The first-order valence-corrected chi connectivity index (χ1v) is 11.6. The lowest BCUT2D eigenvalue weighted by Crippen LogP contribution is -2.23. The summed E-state index contributed by atoms with van der Waals surface area (Å²) in [6.07, 6.45) is 3.60. The number of benzene rings is 1. The van der Waals surface area contributed by atoms with Gasteiger partial charge in [-0.25, -0.2) is 23.1 Å². The van der Waals surface area contributed by atoms with Crippen LogP contribution in [0.15, 0.2) is 59.1 Å². The Balaban J connectivity index is 1.47. The number of nitrogens with one attached hydrogen (secondary N) is 3. The van der Waals surface area contributed by atoms with Crippen molar-refractivity contribution in [1.82, 2.24) is 19.7 Å². The number of carbonyl (C=O) groups is 1. The number of H-pyrrole nitrogens is 1. The Bertz CT molecular complexity index is 1310. The fraction of sp³-hybridized carbons (Fsp3) is 0.150. The van der Waals surface area contributed by atoms with Gasteiger partial charge in [0.2, 0.25) is 15.9 Å².